The van der Waals surface area contributed by atoms with Crippen LogP contribution in [0.5, 0.6) is 0 Å². The summed E-state index contributed by atoms with van der Waals surface area (Å²) in [6.45, 7) is 3.44. The Hall–Kier alpha value is -1.56. The first-order valence-electron chi connectivity index (χ1n) is 23.8. The van der Waals surface area contributed by atoms with Crippen molar-refractivity contribution in [2.45, 2.75) is 256 Å². The summed E-state index contributed by atoms with van der Waals surface area (Å²) in [6.07, 6.45) is 33.6. The van der Waals surface area contributed by atoms with Crippen molar-refractivity contribution in [2.24, 2.45) is 0 Å². The first-order valence-corrected chi connectivity index (χ1v) is 23.8. The normalized spacial score (nSPS) is 20.3. The van der Waals surface area contributed by atoms with E-state index in [-0.39, 0.29) is 32.0 Å². The Labute approximate surface area is 348 Å². The Morgan fingerprint density at radius 1 is 0.526 bits per heavy atom. The monoisotopic (exact) mass is 813 g/mol. The molecule has 0 aromatic carbocycles. The van der Waals surface area contributed by atoms with Crippen LogP contribution in [-0.4, -0.2) is 89.0 Å². The topological polar surface area (TPSA) is 152 Å². The van der Waals surface area contributed by atoms with Crippen molar-refractivity contribution in [3.63, 3.8) is 0 Å². The highest BCUT2D eigenvalue weighted by atomic mass is 16.7. The molecule has 57 heavy (non-hydrogen) atoms. The van der Waals surface area contributed by atoms with Gasteiger partial charge < -0.3 is 39.4 Å². The summed E-state index contributed by atoms with van der Waals surface area (Å²) >= 11 is 0. The number of hydrogen-bond donors (Lipinski definition) is 4. The zero-order chi connectivity index (χ0) is 41.6. The second kappa shape index (κ2) is 38.6. The summed E-state index contributed by atoms with van der Waals surface area (Å²) in [5.41, 5.74) is 0. The van der Waals surface area contributed by atoms with Crippen molar-refractivity contribution in [2.75, 3.05) is 19.8 Å². The van der Waals surface area contributed by atoms with Crippen molar-refractivity contribution in [3.05, 3.63) is 12.2 Å². The Morgan fingerprint density at radius 3 is 1.37 bits per heavy atom. The van der Waals surface area contributed by atoms with E-state index in [4.69, 9.17) is 18.9 Å². The number of aliphatic hydroxyl groups is 4. The molecule has 1 saturated heterocycles. The van der Waals surface area contributed by atoms with Crippen molar-refractivity contribution in [1.82, 2.24) is 0 Å². The van der Waals surface area contributed by atoms with Gasteiger partial charge in [0.15, 0.2) is 12.4 Å². The lowest BCUT2D eigenvalue weighted by Gasteiger charge is -2.39. The summed E-state index contributed by atoms with van der Waals surface area (Å²) in [4.78, 5) is 25.3. The van der Waals surface area contributed by atoms with Gasteiger partial charge in [-0.05, 0) is 38.5 Å². The molecule has 4 N–H and O–H groups in total. The molecule has 10 heteroatoms. The molecule has 0 bridgehead atoms. The molecule has 0 aliphatic carbocycles. The first kappa shape index (κ1) is 53.5. The van der Waals surface area contributed by atoms with Gasteiger partial charge in [0.05, 0.1) is 13.2 Å². The van der Waals surface area contributed by atoms with E-state index in [0.717, 1.165) is 38.5 Å². The van der Waals surface area contributed by atoms with Crippen LogP contribution in [-0.2, 0) is 28.5 Å². The molecule has 1 fully saturated rings. The molecule has 10 nitrogen and oxygen atoms in total. The average Bonchev–Trinajstić information content (AvgIpc) is 3.21. The molecule has 1 aliphatic rings. The number of allylic oxidation sites excluding steroid dienone is 2. The van der Waals surface area contributed by atoms with E-state index in [1.807, 2.05) is 0 Å². The lowest BCUT2D eigenvalue weighted by Crippen LogP contribution is -2.59. The Bertz CT molecular complexity index is 943. The largest absolute Gasteiger partial charge is 0.462 e. The summed E-state index contributed by atoms with van der Waals surface area (Å²) in [6, 6.07) is 0. The Kier molecular flexibility index (Phi) is 36.2. The number of rotatable bonds is 40. The van der Waals surface area contributed by atoms with Gasteiger partial charge in [-0.2, -0.15) is 0 Å². The molecule has 0 aromatic rings. The molecule has 0 radical (unpaired) electrons. The van der Waals surface area contributed by atoms with Gasteiger partial charge in [0.1, 0.15) is 31.0 Å². The summed E-state index contributed by atoms with van der Waals surface area (Å²) in [5, 5.41) is 40.1. The summed E-state index contributed by atoms with van der Waals surface area (Å²) in [7, 11) is 0. The van der Waals surface area contributed by atoms with Crippen LogP contribution in [0.25, 0.3) is 0 Å². The lowest BCUT2D eigenvalue weighted by molar-refractivity contribution is -0.305. The van der Waals surface area contributed by atoms with E-state index < -0.39 is 49.4 Å². The fourth-order valence-electron chi connectivity index (χ4n) is 7.36. The molecule has 1 rings (SSSR count). The molecule has 0 amide bonds. The number of aliphatic hydroxyl groups excluding tert-OH is 4. The highest BCUT2D eigenvalue weighted by Gasteiger charge is 2.44. The number of unbranched alkanes of at least 4 members (excludes halogenated alkanes) is 27. The van der Waals surface area contributed by atoms with Gasteiger partial charge in [0, 0.05) is 12.8 Å². The van der Waals surface area contributed by atoms with E-state index >= 15 is 0 Å². The molecule has 0 aromatic heterocycles. The van der Waals surface area contributed by atoms with E-state index in [1.165, 1.54) is 148 Å². The number of ether oxygens (including phenoxy) is 4. The van der Waals surface area contributed by atoms with Crippen molar-refractivity contribution in [3.8, 4) is 0 Å². The number of esters is 2. The van der Waals surface area contributed by atoms with Crippen LogP contribution in [0.15, 0.2) is 12.2 Å². The predicted molar refractivity (Wildman–Crippen MR) is 229 cm³/mol. The minimum Gasteiger partial charge on any atom is -0.462 e. The van der Waals surface area contributed by atoms with Gasteiger partial charge in [-0.15, -0.1) is 0 Å². The predicted octanol–water partition coefficient (Wildman–Crippen LogP) is 10.3. The first-order chi connectivity index (χ1) is 27.8. The van der Waals surface area contributed by atoms with Crippen LogP contribution in [0.1, 0.15) is 219 Å². The molecule has 0 spiro atoms. The molecule has 0 saturated carbocycles. The van der Waals surface area contributed by atoms with Crippen molar-refractivity contribution >= 4 is 11.9 Å². The average molecular weight is 813 g/mol. The molecule has 1 heterocycles. The van der Waals surface area contributed by atoms with Gasteiger partial charge in [0.25, 0.3) is 0 Å². The summed E-state index contributed by atoms with van der Waals surface area (Å²) in [5.74, 6) is -0.798. The minimum atomic E-state index is -1.59. The Balaban J connectivity index is 2.27. The van der Waals surface area contributed by atoms with Crippen LogP contribution in [0.3, 0.4) is 0 Å². The SMILES string of the molecule is CCCCCCCC/C=C/CCCCCCCCCCCC(=O)OC[C@@H](CO[C@H]1O[C@@H](CO)[C@@H](O)C(O)C1O)OC(=O)CCCCCCCCCCCCCCC. The molecule has 2 unspecified atom stereocenters. The molecular weight excluding hydrogens is 725 g/mol. The third kappa shape index (κ3) is 30.2. The minimum absolute atomic E-state index is 0.213. The quantitative estimate of drug-likeness (QED) is 0.0267. The fraction of sp³-hybridized carbons (Fsp3) is 0.915. The second-order valence-corrected chi connectivity index (χ2v) is 16.6. The maximum absolute atomic E-state index is 12.8. The van der Waals surface area contributed by atoms with E-state index in [0.29, 0.717) is 6.42 Å². The Morgan fingerprint density at radius 2 is 0.930 bits per heavy atom. The van der Waals surface area contributed by atoms with E-state index in [1.54, 1.807) is 0 Å². The van der Waals surface area contributed by atoms with Crippen LogP contribution in [0, 0.1) is 0 Å². The maximum Gasteiger partial charge on any atom is 0.306 e. The maximum atomic E-state index is 12.8. The summed E-state index contributed by atoms with van der Waals surface area (Å²) < 4.78 is 22.2. The number of hydrogen-bond acceptors (Lipinski definition) is 10. The smallest absolute Gasteiger partial charge is 0.306 e. The van der Waals surface area contributed by atoms with Gasteiger partial charge in [-0.1, -0.05) is 180 Å². The van der Waals surface area contributed by atoms with E-state index in [9.17, 15) is 30.0 Å². The second-order valence-electron chi connectivity index (χ2n) is 16.6. The third-order valence-electron chi connectivity index (χ3n) is 11.2. The number of carbonyl (C=O) groups excluding carboxylic acids is 2. The van der Waals surface area contributed by atoms with Crippen LogP contribution >= 0.6 is 0 Å². The van der Waals surface area contributed by atoms with Crippen molar-refractivity contribution in [1.29, 1.82) is 0 Å². The zero-order valence-electron chi connectivity index (χ0n) is 36.6. The highest BCUT2D eigenvalue weighted by molar-refractivity contribution is 5.70. The number of carbonyl (C=O) groups is 2. The fourth-order valence-corrected chi connectivity index (χ4v) is 7.36. The van der Waals surface area contributed by atoms with Crippen LogP contribution in [0.4, 0.5) is 0 Å². The van der Waals surface area contributed by atoms with Crippen LogP contribution < -0.4 is 0 Å². The molecular formula is C47H88O10. The molecule has 6 atom stereocenters. The highest BCUT2D eigenvalue weighted by Crippen LogP contribution is 2.23. The van der Waals surface area contributed by atoms with Gasteiger partial charge >= 0.3 is 11.9 Å². The molecule has 1 aliphatic heterocycles. The van der Waals surface area contributed by atoms with Gasteiger partial charge in [-0.25, -0.2) is 0 Å². The zero-order valence-corrected chi connectivity index (χ0v) is 36.6. The standard InChI is InChI=1S/C47H88O10/c1-3-5-7-9-11-13-15-17-18-19-20-21-22-24-25-27-29-31-33-35-42(49)54-38-40(39-55-47-46(53)45(52)44(51)41(37-48)57-47)56-43(50)36-34-32-30-28-26-23-16-14-12-10-8-6-4-2/h17-18,40-41,44-48,51-53H,3-16,19-39H2,1-2H3/b18-17+/t40-,41-,44+,45?,46?,47-/m0/s1. The van der Waals surface area contributed by atoms with E-state index in [2.05, 4.69) is 26.0 Å². The molecule has 336 valence electrons. The third-order valence-corrected chi connectivity index (χ3v) is 11.2. The van der Waals surface area contributed by atoms with Gasteiger partial charge in [0.2, 0.25) is 0 Å². The lowest BCUT2D eigenvalue weighted by atomic mass is 9.99. The van der Waals surface area contributed by atoms with Gasteiger partial charge in [-0.3, -0.25) is 9.59 Å². The van der Waals surface area contributed by atoms with Crippen LogP contribution in [0.2, 0.25) is 0 Å². The van der Waals surface area contributed by atoms with Crippen molar-refractivity contribution < 1.29 is 49.0 Å².